The molecule has 2 heterocycles. The smallest absolute Gasteiger partial charge is 0.351 e. The van der Waals surface area contributed by atoms with Crippen molar-refractivity contribution in [3.63, 3.8) is 0 Å². The molecule has 12 heteroatoms. The highest BCUT2D eigenvalue weighted by molar-refractivity contribution is 7.17. The quantitative estimate of drug-likeness (QED) is 0.498. The first-order chi connectivity index (χ1) is 11.1. The van der Waals surface area contributed by atoms with Gasteiger partial charge in [0, 0.05) is 6.54 Å². The lowest BCUT2D eigenvalue weighted by molar-refractivity contribution is -0.159. The van der Waals surface area contributed by atoms with Crippen LogP contribution in [0.5, 0.6) is 0 Å². The molecule has 0 atom stereocenters. The van der Waals surface area contributed by atoms with Gasteiger partial charge in [-0.3, -0.25) is 9.59 Å². The number of amides is 1. The minimum atomic E-state index is -4.85. The number of thiophene rings is 1. The molecule has 0 unspecified atom stereocenters. The standard InChI is InChI=1S/C12H8F5N3O3S/c1-2-18-9(22)11(13,14)7(21)5-3-4-6(24-5)8-19-10(23-20-8)12(15,16)17/h3-4H,2H2,1H3,(H,18,22). The number of nitrogens with one attached hydrogen (secondary N) is 1. The van der Waals surface area contributed by atoms with Crippen molar-refractivity contribution in [2.24, 2.45) is 0 Å². The molecule has 0 bridgehead atoms. The summed E-state index contributed by atoms with van der Waals surface area (Å²) in [6.45, 7) is 1.30. The molecule has 24 heavy (non-hydrogen) atoms. The summed E-state index contributed by atoms with van der Waals surface area (Å²) in [6.07, 6.45) is -4.85. The molecule has 2 rings (SSSR count). The number of carbonyl (C=O) groups is 2. The third-order valence-corrected chi connectivity index (χ3v) is 3.71. The Kier molecular flexibility index (Phi) is 4.69. The molecule has 1 N–H and O–H groups in total. The van der Waals surface area contributed by atoms with Crippen LogP contribution < -0.4 is 5.32 Å². The third kappa shape index (κ3) is 3.42. The van der Waals surface area contributed by atoms with Crippen LogP contribution in [0.15, 0.2) is 16.7 Å². The zero-order valence-electron chi connectivity index (χ0n) is 11.8. The number of ketones is 1. The topological polar surface area (TPSA) is 85.1 Å². The van der Waals surface area contributed by atoms with E-state index in [0.29, 0.717) is 11.3 Å². The van der Waals surface area contributed by atoms with Gasteiger partial charge < -0.3 is 9.84 Å². The number of alkyl halides is 5. The van der Waals surface area contributed by atoms with E-state index in [2.05, 4.69) is 14.7 Å². The Balaban J connectivity index is 2.26. The molecule has 0 radical (unpaired) electrons. The van der Waals surface area contributed by atoms with E-state index in [-0.39, 0.29) is 11.4 Å². The summed E-state index contributed by atoms with van der Waals surface area (Å²) < 4.78 is 68.6. The van der Waals surface area contributed by atoms with E-state index in [0.717, 1.165) is 12.1 Å². The lowest BCUT2D eigenvalue weighted by Gasteiger charge is -2.12. The van der Waals surface area contributed by atoms with E-state index < -0.39 is 40.4 Å². The third-order valence-electron chi connectivity index (χ3n) is 2.63. The average molecular weight is 369 g/mol. The zero-order chi connectivity index (χ0) is 18.1. The predicted octanol–water partition coefficient (Wildman–Crippen LogP) is 2.77. The minimum absolute atomic E-state index is 0.0932. The highest BCUT2D eigenvalue weighted by Crippen LogP contribution is 2.33. The summed E-state index contributed by atoms with van der Waals surface area (Å²) >= 11 is 0.419. The predicted molar refractivity (Wildman–Crippen MR) is 70.6 cm³/mol. The van der Waals surface area contributed by atoms with Crippen LogP contribution in [0.1, 0.15) is 22.5 Å². The highest BCUT2D eigenvalue weighted by Gasteiger charge is 2.48. The largest absolute Gasteiger partial charge is 0.471 e. The summed E-state index contributed by atoms with van der Waals surface area (Å²) in [4.78, 5) is 25.4. The van der Waals surface area contributed by atoms with E-state index >= 15 is 0 Å². The van der Waals surface area contributed by atoms with Crippen molar-refractivity contribution in [1.29, 1.82) is 0 Å². The van der Waals surface area contributed by atoms with Gasteiger partial charge in [0.25, 0.3) is 11.7 Å². The van der Waals surface area contributed by atoms with Gasteiger partial charge >= 0.3 is 18.0 Å². The van der Waals surface area contributed by atoms with Crippen LogP contribution >= 0.6 is 11.3 Å². The number of carbonyl (C=O) groups excluding carboxylic acids is 2. The first-order valence-electron chi connectivity index (χ1n) is 6.29. The number of rotatable bonds is 5. The van der Waals surface area contributed by atoms with Crippen LogP contribution in [0.3, 0.4) is 0 Å². The maximum absolute atomic E-state index is 13.7. The average Bonchev–Trinajstić information content (AvgIpc) is 3.14. The highest BCUT2D eigenvalue weighted by atomic mass is 32.1. The number of Topliss-reactive ketones (excluding diaryl/α,β-unsaturated/α-hetero) is 1. The molecule has 1 amide bonds. The van der Waals surface area contributed by atoms with Crippen LogP contribution in [0, 0.1) is 0 Å². The van der Waals surface area contributed by atoms with Crippen LogP contribution in [0.2, 0.25) is 0 Å². The second-order valence-corrected chi connectivity index (χ2v) is 5.43. The number of halogens is 5. The van der Waals surface area contributed by atoms with Crippen LogP contribution in [-0.2, 0) is 11.0 Å². The summed E-state index contributed by atoms with van der Waals surface area (Å²) in [6, 6.07) is 2.02. The van der Waals surface area contributed by atoms with E-state index in [1.807, 2.05) is 5.32 Å². The van der Waals surface area contributed by atoms with Crippen molar-refractivity contribution in [3.05, 3.63) is 22.9 Å². The molecule has 0 aromatic carbocycles. The van der Waals surface area contributed by atoms with Gasteiger partial charge in [-0.1, -0.05) is 5.16 Å². The SMILES string of the molecule is CCNC(=O)C(F)(F)C(=O)c1ccc(-c2noc(C(F)(F)F)n2)s1. The van der Waals surface area contributed by atoms with Crippen molar-refractivity contribution < 1.29 is 36.1 Å². The fourth-order valence-corrected chi connectivity index (χ4v) is 2.45. The number of aromatic nitrogens is 2. The first kappa shape index (κ1) is 18.0. The monoisotopic (exact) mass is 369 g/mol. The lowest BCUT2D eigenvalue weighted by atomic mass is 10.1. The van der Waals surface area contributed by atoms with Gasteiger partial charge in [0.05, 0.1) is 9.75 Å². The van der Waals surface area contributed by atoms with Gasteiger partial charge in [0.2, 0.25) is 5.82 Å². The van der Waals surface area contributed by atoms with Crippen LogP contribution in [-0.4, -0.2) is 34.3 Å². The van der Waals surface area contributed by atoms with Crippen molar-refractivity contribution in [1.82, 2.24) is 15.5 Å². The molecular formula is C12H8F5N3O3S. The van der Waals surface area contributed by atoms with E-state index in [9.17, 15) is 31.5 Å². The van der Waals surface area contributed by atoms with Gasteiger partial charge in [-0.15, -0.1) is 11.3 Å². The fourth-order valence-electron chi connectivity index (χ4n) is 1.55. The second kappa shape index (κ2) is 6.26. The van der Waals surface area contributed by atoms with E-state index in [4.69, 9.17) is 0 Å². The maximum Gasteiger partial charge on any atom is 0.471 e. The van der Waals surface area contributed by atoms with Crippen molar-refractivity contribution >= 4 is 23.0 Å². The van der Waals surface area contributed by atoms with Gasteiger partial charge in [0.1, 0.15) is 0 Å². The molecule has 0 spiro atoms. The minimum Gasteiger partial charge on any atom is -0.351 e. The summed E-state index contributed by atoms with van der Waals surface area (Å²) in [5.41, 5.74) is 0. The Hall–Kier alpha value is -2.37. The van der Waals surface area contributed by atoms with Gasteiger partial charge in [-0.25, -0.2) is 0 Å². The Bertz CT molecular complexity index is 768. The molecule has 0 aliphatic rings. The summed E-state index contributed by atoms with van der Waals surface area (Å²) in [5, 5.41) is 4.90. The summed E-state index contributed by atoms with van der Waals surface area (Å²) in [7, 11) is 0. The molecule has 2 aromatic heterocycles. The van der Waals surface area contributed by atoms with Crippen LogP contribution in [0.25, 0.3) is 10.7 Å². The van der Waals surface area contributed by atoms with Gasteiger partial charge in [-0.2, -0.15) is 26.9 Å². The molecule has 0 saturated carbocycles. The van der Waals surface area contributed by atoms with Crippen molar-refractivity contribution in [3.8, 4) is 10.7 Å². The fraction of sp³-hybridized carbons (Fsp3) is 0.333. The number of hydrogen-bond acceptors (Lipinski definition) is 6. The maximum atomic E-state index is 13.7. The Morgan fingerprint density at radius 3 is 2.46 bits per heavy atom. The van der Waals surface area contributed by atoms with Gasteiger partial charge in [0.15, 0.2) is 0 Å². The van der Waals surface area contributed by atoms with E-state index in [1.165, 1.54) is 6.92 Å². The summed E-state index contributed by atoms with van der Waals surface area (Å²) in [5.74, 6) is -9.95. The number of nitrogens with zero attached hydrogens (tertiary/aromatic N) is 2. The molecule has 0 aliphatic heterocycles. The Morgan fingerprint density at radius 1 is 1.25 bits per heavy atom. The van der Waals surface area contributed by atoms with E-state index in [1.54, 1.807) is 0 Å². The van der Waals surface area contributed by atoms with Gasteiger partial charge in [-0.05, 0) is 19.1 Å². The molecule has 0 fully saturated rings. The second-order valence-electron chi connectivity index (χ2n) is 4.35. The molecule has 130 valence electrons. The van der Waals surface area contributed by atoms with Crippen LogP contribution in [0.4, 0.5) is 22.0 Å². The molecule has 2 aromatic rings. The van der Waals surface area contributed by atoms with Crippen molar-refractivity contribution in [2.45, 2.75) is 19.0 Å². The Morgan fingerprint density at radius 2 is 1.92 bits per heavy atom. The Labute approximate surface area is 134 Å². The molecule has 6 nitrogen and oxygen atoms in total. The molecule has 0 saturated heterocycles. The number of hydrogen-bond donors (Lipinski definition) is 1. The molecular weight excluding hydrogens is 361 g/mol. The van der Waals surface area contributed by atoms with Crippen molar-refractivity contribution in [2.75, 3.05) is 6.54 Å². The normalized spacial score (nSPS) is 12.2. The zero-order valence-corrected chi connectivity index (χ0v) is 12.6. The lowest BCUT2D eigenvalue weighted by Crippen LogP contribution is -2.45. The molecule has 0 aliphatic carbocycles. The first-order valence-corrected chi connectivity index (χ1v) is 7.11.